The Hall–Kier alpha value is -0.850. The van der Waals surface area contributed by atoms with Crippen molar-refractivity contribution in [3.8, 4) is 0 Å². The topological polar surface area (TPSA) is 12.9 Å². The van der Waals surface area contributed by atoms with E-state index in [1.54, 1.807) is 0 Å². The Bertz CT molecular complexity index is 233. The average molecular weight is 163 g/mol. The molecule has 0 N–H and O–H groups in total. The number of hydrogen-bond donors (Lipinski definition) is 0. The predicted octanol–water partition coefficient (Wildman–Crippen LogP) is 3.04. The van der Waals surface area contributed by atoms with Crippen LogP contribution in [0.25, 0.3) is 0 Å². The van der Waals surface area contributed by atoms with E-state index in [4.69, 9.17) is 0 Å². The Labute approximate surface area is 74.8 Å². The number of aromatic nitrogens is 1. The number of unbranched alkanes of at least 4 members (excludes halogenated alkanes) is 1. The Morgan fingerprint density at radius 2 is 2.00 bits per heavy atom. The molecule has 0 atom stereocenters. The van der Waals surface area contributed by atoms with Crippen molar-refractivity contribution in [2.75, 3.05) is 0 Å². The van der Waals surface area contributed by atoms with Gasteiger partial charge in [0.1, 0.15) is 0 Å². The number of aryl methyl sites for hydroxylation is 3. The van der Waals surface area contributed by atoms with Crippen molar-refractivity contribution in [2.24, 2.45) is 0 Å². The second kappa shape index (κ2) is 4.24. The van der Waals surface area contributed by atoms with E-state index in [9.17, 15) is 0 Å². The zero-order valence-corrected chi connectivity index (χ0v) is 8.22. The number of pyridine rings is 1. The molecule has 0 unspecified atom stereocenters. The Morgan fingerprint density at radius 3 is 2.58 bits per heavy atom. The van der Waals surface area contributed by atoms with Gasteiger partial charge in [0.25, 0.3) is 0 Å². The lowest BCUT2D eigenvalue weighted by Gasteiger charge is -2.02. The summed E-state index contributed by atoms with van der Waals surface area (Å²) in [5.41, 5.74) is 3.71. The molecule has 0 radical (unpaired) electrons. The van der Waals surface area contributed by atoms with Crippen LogP contribution < -0.4 is 0 Å². The molecule has 0 aliphatic carbocycles. The van der Waals surface area contributed by atoms with Gasteiger partial charge in [-0.2, -0.15) is 0 Å². The fourth-order valence-corrected chi connectivity index (χ4v) is 1.41. The third-order valence-electron chi connectivity index (χ3n) is 1.94. The molecule has 0 fully saturated rings. The van der Waals surface area contributed by atoms with Gasteiger partial charge in [0.15, 0.2) is 0 Å². The van der Waals surface area contributed by atoms with E-state index in [2.05, 4.69) is 37.9 Å². The monoisotopic (exact) mass is 163 g/mol. The average Bonchev–Trinajstić information content (AvgIpc) is 1.99. The molecule has 1 aromatic rings. The number of rotatable bonds is 3. The van der Waals surface area contributed by atoms with Gasteiger partial charge in [-0.15, -0.1) is 0 Å². The number of nitrogens with zero attached hydrogens (tertiary/aromatic N) is 1. The maximum atomic E-state index is 4.47. The first-order chi connectivity index (χ1) is 5.72. The molecular weight excluding hydrogens is 146 g/mol. The van der Waals surface area contributed by atoms with Crippen LogP contribution in [0.4, 0.5) is 0 Å². The van der Waals surface area contributed by atoms with Gasteiger partial charge >= 0.3 is 0 Å². The molecule has 0 aromatic carbocycles. The minimum Gasteiger partial charge on any atom is -0.258 e. The van der Waals surface area contributed by atoms with Crippen molar-refractivity contribution in [1.82, 2.24) is 4.98 Å². The fourth-order valence-electron chi connectivity index (χ4n) is 1.41. The SMILES string of the molecule is CCCCc1cc(C)cc(C)n1. The van der Waals surface area contributed by atoms with E-state index in [0.29, 0.717) is 0 Å². The maximum Gasteiger partial charge on any atom is 0.0409 e. The molecule has 0 amide bonds. The van der Waals surface area contributed by atoms with Gasteiger partial charge in [-0.3, -0.25) is 4.98 Å². The van der Waals surface area contributed by atoms with Crippen molar-refractivity contribution in [3.05, 3.63) is 29.1 Å². The second-order valence-electron chi connectivity index (χ2n) is 3.38. The zero-order valence-electron chi connectivity index (χ0n) is 8.22. The summed E-state index contributed by atoms with van der Waals surface area (Å²) in [7, 11) is 0. The van der Waals surface area contributed by atoms with Crippen molar-refractivity contribution < 1.29 is 0 Å². The maximum absolute atomic E-state index is 4.47. The summed E-state index contributed by atoms with van der Waals surface area (Å²) in [6, 6.07) is 4.30. The van der Waals surface area contributed by atoms with Crippen LogP contribution in [0.15, 0.2) is 12.1 Å². The lowest BCUT2D eigenvalue weighted by Crippen LogP contribution is -1.93. The molecule has 1 aromatic heterocycles. The molecule has 66 valence electrons. The van der Waals surface area contributed by atoms with E-state index >= 15 is 0 Å². The van der Waals surface area contributed by atoms with Crippen LogP contribution in [-0.2, 0) is 6.42 Å². The molecule has 1 heterocycles. The Kier molecular flexibility index (Phi) is 3.27. The molecular formula is C11H17N. The van der Waals surface area contributed by atoms with E-state index < -0.39 is 0 Å². The summed E-state index contributed by atoms with van der Waals surface area (Å²) in [5.74, 6) is 0. The first kappa shape index (κ1) is 9.24. The molecule has 12 heavy (non-hydrogen) atoms. The fraction of sp³-hybridized carbons (Fsp3) is 0.545. The van der Waals surface area contributed by atoms with Crippen molar-refractivity contribution in [2.45, 2.75) is 40.0 Å². The van der Waals surface area contributed by atoms with E-state index in [1.165, 1.54) is 24.1 Å². The Balaban J connectivity index is 2.72. The van der Waals surface area contributed by atoms with Gasteiger partial charge in [-0.05, 0) is 44.4 Å². The summed E-state index contributed by atoms with van der Waals surface area (Å²) in [5, 5.41) is 0. The zero-order chi connectivity index (χ0) is 8.97. The summed E-state index contributed by atoms with van der Waals surface area (Å²) in [6.45, 7) is 6.40. The van der Waals surface area contributed by atoms with Gasteiger partial charge in [-0.25, -0.2) is 0 Å². The standard InChI is InChI=1S/C11H17N/c1-4-5-6-11-8-9(2)7-10(3)12-11/h7-8H,4-6H2,1-3H3. The highest BCUT2D eigenvalue weighted by atomic mass is 14.7. The van der Waals surface area contributed by atoms with E-state index in [1.807, 2.05) is 0 Å². The van der Waals surface area contributed by atoms with Gasteiger partial charge < -0.3 is 0 Å². The molecule has 0 saturated heterocycles. The van der Waals surface area contributed by atoms with Crippen molar-refractivity contribution in [3.63, 3.8) is 0 Å². The van der Waals surface area contributed by atoms with Crippen LogP contribution in [0.5, 0.6) is 0 Å². The summed E-state index contributed by atoms with van der Waals surface area (Å²) in [4.78, 5) is 4.47. The van der Waals surface area contributed by atoms with E-state index in [0.717, 1.165) is 12.1 Å². The largest absolute Gasteiger partial charge is 0.258 e. The molecule has 0 aliphatic heterocycles. The summed E-state index contributed by atoms with van der Waals surface area (Å²) >= 11 is 0. The lowest BCUT2D eigenvalue weighted by atomic mass is 10.1. The van der Waals surface area contributed by atoms with Crippen LogP contribution in [0.3, 0.4) is 0 Å². The van der Waals surface area contributed by atoms with E-state index in [-0.39, 0.29) is 0 Å². The van der Waals surface area contributed by atoms with Gasteiger partial charge in [0.05, 0.1) is 0 Å². The molecule has 0 saturated carbocycles. The molecule has 1 nitrogen and oxygen atoms in total. The first-order valence-corrected chi connectivity index (χ1v) is 4.66. The van der Waals surface area contributed by atoms with Crippen LogP contribution in [0.2, 0.25) is 0 Å². The van der Waals surface area contributed by atoms with Gasteiger partial charge in [-0.1, -0.05) is 13.3 Å². The van der Waals surface area contributed by atoms with Crippen LogP contribution >= 0.6 is 0 Å². The lowest BCUT2D eigenvalue weighted by molar-refractivity contribution is 0.772. The van der Waals surface area contributed by atoms with Crippen LogP contribution in [0.1, 0.15) is 36.7 Å². The molecule has 1 rings (SSSR count). The van der Waals surface area contributed by atoms with Crippen molar-refractivity contribution in [1.29, 1.82) is 0 Å². The van der Waals surface area contributed by atoms with Crippen LogP contribution in [-0.4, -0.2) is 4.98 Å². The quantitative estimate of drug-likeness (QED) is 0.667. The Morgan fingerprint density at radius 1 is 1.25 bits per heavy atom. The second-order valence-corrected chi connectivity index (χ2v) is 3.38. The predicted molar refractivity (Wildman–Crippen MR) is 52.3 cm³/mol. The van der Waals surface area contributed by atoms with Crippen molar-refractivity contribution >= 4 is 0 Å². The molecule has 0 aliphatic rings. The van der Waals surface area contributed by atoms with Gasteiger partial charge in [0.2, 0.25) is 0 Å². The third kappa shape index (κ3) is 2.65. The highest BCUT2D eigenvalue weighted by Gasteiger charge is 1.96. The highest BCUT2D eigenvalue weighted by Crippen LogP contribution is 2.07. The van der Waals surface area contributed by atoms with Gasteiger partial charge in [0, 0.05) is 11.4 Å². The molecule has 1 heteroatoms. The normalized spacial score (nSPS) is 10.2. The molecule has 0 bridgehead atoms. The van der Waals surface area contributed by atoms with Crippen LogP contribution in [0, 0.1) is 13.8 Å². The minimum atomic E-state index is 1.12. The highest BCUT2D eigenvalue weighted by molar-refractivity contribution is 5.19. The minimum absolute atomic E-state index is 1.12. The summed E-state index contributed by atoms with van der Waals surface area (Å²) in [6.07, 6.45) is 3.61. The third-order valence-corrected chi connectivity index (χ3v) is 1.94. The summed E-state index contributed by atoms with van der Waals surface area (Å²) < 4.78 is 0. The first-order valence-electron chi connectivity index (χ1n) is 4.66. The molecule has 0 spiro atoms. The smallest absolute Gasteiger partial charge is 0.0409 e. The number of hydrogen-bond acceptors (Lipinski definition) is 1.